The summed E-state index contributed by atoms with van der Waals surface area (Å²) in [5, 5.41) is 9.55. The molecule has 0 spiro atoms. The molecule has 1 atom stereocenters. The highest BCUT2D eigenvalue weighted by Crippen LogP contribution is 2.13. The number of esters is 2. The Hall–Kier alpha value is -2.14. The van der Waals surface area contributed by atoms with Gasteiger partial charge in [0.2, 0.25) is 0 Å². The van der Waals surface area contributed by atoms with Gasteiger partial charge in [-0.05, 0) is 77.0 Å². The first-order chi connectivity index (χ1) is 23.6. The maximum Gasteiger partial charge on any atom is 0.306 e. The molecule has 0 aliphatic carbocycles. The average Bonchev–Trinajstić information content (AvgIpc) is 3.09. The molecule has 0 amide bonds. The van der Waals surface area contributed by atoms with Gasteiger partial charge in [0.25, 0.3) is 0 Å². The lowest BCUT2D eigenvalue weighted by molar-refractivity contribution is -0.161. The topological polar surface area (TPSA) is 72.8 Å². The monoisotopic (exact) mass is 673 g/mol. The van der Waals surface area contributed by atoms with Crippen molar-refractivity contribution >= 4 is 11.9 Å². The first-order valence-electron chi connectivity index (χ1n) is 20.2. The third-order valence-electron chi connectivity index (χ3n) is 8.60. The molecular formula is C43H76O5. The number of unbranched alkanes of at least 4 members (excludes halogenated alkanes) is 20. The Morgan fingerprint density at radius 2 is 0.833 bits per heavy atom. The fourth-order valence-electron chi connectivity index (χ4n) is 5.50. The molecule has 0 saturated carbocycles. The highest BCUT2D eigenvalue weighted by atomic mass is 16.6. The van der Waals surface area contributed by atoms with Crippen LogP contribution in [-0.4, -0.2) is 36.4 Å². The summed E-state index contributed by atoms with van der Waals surface area (Å²) in [6, 6.07) is 0. The summed E-state index contributed by atoms with van der Waals surface area (Å²) in [4.78, 5) is 24.3. The second-order valence-corrected chi connectivity index (χ2v) is 13.4. The van der Waals surface area contributed by atoms with Crippen LogP contribution in [-0.2, 0) is 19.1 Å². The molecular weight excluding hydrogens is 596 g/mol. The second-order valence-electron chi connectivity index (χ2n) is 13.4. The summed E-state index contributed by atoms with van der Waals surface area (Å²) in [6.07, 6.45) is 48.8. The zero-order valence-corrected chi connectivity index (χ0v) is 31.5. The number of carbonyl (C=O) groups is 2. The highest BCUT2D eigenvalue weighted by Gasteiger charge is 2.16. The van der Waals surface area contributed by atoms with Crippen molar-refractivity contribution in [1.82, 2.24) is 0 Å². The minimum Gasteiger partial charge on any atom is -0.462 e. The van der Waals surface area contributed by atoms with E-state index in [4.69, 9.17) is 9.47 Å². The van der Waals surface area contributed by atoms with Gasteiger partial charge in [-0.3, -0.25) is 9.59 Å². The number of aliphatic hydroxyl groups is 1. The predicted octanol–water partition coefficient (Wildman–Crippen LogP) is 12.6. The van der Waals surface area contributed by atoms with Crippen molar-refractivity contribution in [3.05, 3.63) is 48.6 Å². The molecule has 0 aliphatic heterocycles. The zero-order valence-electron chi connectivity index (χ0n) is 31.5. The van der Waals surface area contributed by atoms with Gasteiger partial charge in [0.05, 0.1) is 6.61 Å². The van der Waals surface area contributed by atoms with Crippen LogP contribution in [0.3, 0.4) is 0 Å². The molecule has 0 unspecified atom stereocenters. The first-order valence-corrected chi connectivity index (χ1v) is 20.2. The lowest BCUT2D eigenvalue weighted by atomic mass is 10.1. The second kappa shape index (κ2) is 39.3. The molecule has 0 saturated heterocycles. The molecule has 0 aromatic rings. The maximum absolute atomic E-state index is 12.2. The van der Waals surface area contributed by atoms with Crippen molar-refractivity contribution in [1.29, 1.82) is 0 Å². The standard InChI is InChI=1S/C43H76O5/c1-3-5-7-9-11-13-15-17-19-20-21-22-24-25-27-29-31-33-35-37-42(45)47-40-41(39-44)48-43(46)38-36-34-32-30-28-26-23-18-16-14-12-10-8-6-4-2/h11-14,17-19,23,41,44H,3-10,15-16,20-22,24-40H2,1-2H3/t41-/m0/s1. The van der Waals surface area contributed by atoms with Crippen LogP contribution in [0.1, 0.15) is 194 Å². The van der Waals surface area contributed by atoms with Gasteiger partial charge in [-0.15, -0.1) is 0 Å². The predicted molar refractivity (Wildman–Crippen MR) is 205 cm³/mol. The Labute approximate surface area is 297 Å². The van der Waals surface area contributed by atoms with E-state index >= 15 is 0 Å². The smallest absolute Gasteiger partial charge is 0.306 e. The summed E-state index contributed by atoms with van der Waals surface area (Å²) >= 11 is 0. The SMILES string of the molecule is CCCCCC=CCC=CCCCCCCCCCCCC(=O)OC[C@H](CO)OC(=O)CCCCCCCC=CCC=CCCCCC. The van der Waals surface area contributed by atoms with Gasteiger partial charge in [-0.25, -0.2) is 0 Å². The van der Waals surface area contributed by atoms with Crippen molar-refractivity contribution in [2.24, 2.45) is 0 Å². The van der Waals surface area contributed by atoms with E-state index in [1.807, 2.05) is 0 Å². The number of allylic oxidation sites excluding steroid dienone is 8. The first kappa shape index (κ1) is 45.9. The number of ether oxygens (including phenoxy) is 2. The van der Waals surface area contributed by atoms with Gasteiger partial charge in [0, 0.05) is 12.8 Å². The molecule has 0 heterocycles. The van der Waals surface area contributed by atoms with Gasteiger partial charge >= 0.3 is 11.9 Å². The maximum atomic E-state index is 12.2. The van der Waals surface area contributed by atoms with Crippen LogP contribution in [0, 0.1) is 0 Å². The Balaban J connectivity index is 3.58. The molecule has 5 nitrogen and oxygen atoms in total. The van der Waals surface area contributed by atoms with E-state index in [0.29, 0.717) is 12.8 Å². The Morgan fingerprint density at radius 3 is 1.23 bits per heavy atom. The molecule has 278 valence electrons. The van der Waals surface area contributed by atoms with Crippen molar-refractivity contribution in [2.75, 3.05) is 13.2 Å². The summed E-state index contributed by atoms with van der Waals surface area (Å²) < 4.78 is 10.6. The molecule has 1 N–H and O–H groups in total. The zero-order chi connectivity index (χ0) is 35.0. The normalized spacial score (nSPS) is 12.6. The van der Waals surface area contributed by atoms with Crippen LogP contribution in [0.2, 0.25) is 0 Å². The molecule has 48 heavy (non-hydrogen) atoms. The Kier molecular flexibility index (Phi) is 37.5. The number of hydrogen-bond donors (Lipinski definition) is 1. The third kappa shape index (κ3) is 36.7. The number of hydrogen-bond acceptors (Lipinski definition) is 5. The molecule has 5 heteroatoms. The molecule has 0 aromatic carbocycles. The van der Waals surface area contributed by atoms with Crippen molar-refractivity contribution in [3.63, 3.8) is 0 Å². The van der Waals surface area contributed by atoms with Gasteiger partial charge in [-0.1, -0.05) is 152 Å². The van der Waals surface area contributed by atoms with Crippen LogP contribution < -0.4 is 0 Å². The number of carbonyl (C=O) groups excluding carboxylic acids is 2. The van der Waals surface area contributed by atoms with E-state index in [0.717, 1.165) is 64.2 Å². The third-order valence-corrected chi connectivity index (χ3v) is 8.60. The van der Waals surface area contributed by atoms with Gasteiger partial charge < -0.3 is 14.6 Å². The Morgan fingerprint density at radius 1 is 0.479 bits per heavy atom. The Bertz CT molecular complexity index is 812. The summed E-state index contributed by atoms with van der Waals surface area (Å²) in [7, 11) is 0. The van der Waals surface area contributed by atoms with Crippen molar-refractivity contribution in [3.8, 4) is 0 Å². The van der Waals surface area contributed by atoms with Crippen LogP contribution in [0.5, 0.6) is 0 Å². The van der Waals surface area contributed by atoms with Crippen LogP contribution in [0.15, 0.2) is 48.6 Å². The van der Waals surface area contributed by atoms with E-state index in [1.165, 1.54) is 103 Å². The lowest BCUT2D eigenvalue weighted by Gasteiger charge is -2.15. The summed E-state index contributed by atoms with van der Waals surface area (Å²) in [5.74, 6) is -0.612. The summed E-state index contributed by atoms with van der Waals surface area (Å²) in [6.45, 7) is 4.07. The van der Waals surface area contributed by atoms with E-state index in [9.17, 15) is 14.7 Å². The molecule has 0 fully saturated rings. The molecule has 0 bridgehead atoms. The quantitative estimate of drug-likeness (QED) is 0.0407. The van der Waals surface area contributed by atoms with Crippen molar-refractivity contribution < 1.29 is 24.2 Å². The fraction of sp³-hybridized carbons (Fsp3) is 0.767. The van der Waals surface area contributed by atoms with E-state index in [1.54, 1.807) is 0 Å². The van der Waals surface area contributed by atoms with Crippen LogP contribution >= 0.6 is 0 Å². The van der Waals surface area contributed by atoms with Gasteiger partial charge in [-0.2, -0.15) is 0 Å². The largest absolute Gasteiger partial charge is 0.462 e. The van der Waals surface area contributed by atoms with E-state index in [-0.39, 0.29) is 25.2 Å². The molecule has 0 rings (SSSR count). The van der Waals surface area contributed by atoms with Crippen molar-refractivity contribution in [2.45, 2.75) is 200 Å². The number of aliphatic hydroxyl groups excluding tert-OH is 1. The summed E-state index contributed by atoms with van der Waals surface area (Å²) in [5.41, 5.74) is 0. The van der Waals surface area contributed by atoms with Crippen LogP contribution in [0.25, 0.3) is 0 Å². The average molecular weight is 673 g/mol. The molecule has 0 aliphatic rings. The lowest BCUT2D eigenvalue weighted by Crippen LogP contribution is -2.28. The minimum atomic E-state index is -0.780. The van der Waals surface area contributed by atoms with Crippen LogP contribution in [0.4, 0.5) is 0 Å². The van der Waals surface area contributed by atoms with Gasteiger partial charge in [0.15, 0.2) is 6.10 Å². The van der Waals surface area contributed by atoms with E-state index < -0.39 is 6.10 Å². The van der Waals surface area contributed by atoms with E-state index in [2.05, 4.69) is 62.5 Å². The molecule has 0 radical (unpaired) electrons. The fourth-order valence-corrected chi connectivity index (χ4v) is 5.50. The van der Waals surface area contributed by atoms with Gasteiger partial charge in [0.1, 0.15) is 6.61 Å². The highest BCUT2D eigenvalue weighted by molar-refractivity contribution is 5.70. The molecule has 0 aromatic heterocycles. The number of rotatable bonds is 36. The minimum absolute atomic E-state index is 0.0742.